The minimum Gasteiger partial charge on any atom is -0.490 e. The van der Waals surface area contributed by atoms with Crippen molar-refractivity contribution in [1.82, 2.24) is 9.47 Å². The zero-order chi connectivity index (χ0) is 17.2. The number of benzene rings is 1. The molecule has 0 saturated carbocycles. The lowest BCUT2D eigenvalue weighted by Crippen LogP contribution is -2.24. The number of aryl methyl sites for hydroxylation is 1. The fourth-order valence-electron chi connectivity index (χ4n) is 3.70. The van der Waals surface area contributed by atoms with Gasteiger partial charge in [-0.25, -0.2) is 0 Å². The largest absolute Gasteiger partial charge is 0.490 e. The smallest absolute Gasteiger partial charge is 0.250 e. The van der Waals surface area contributed by atoms with Crippen LogP contribution < -0.4 is 15.0 Å². The Labute approximate surface area is 147 Å². The van der Waals surface area contributed by atoms with Crippen molar-refractivity contribution in [3.05, 3.63) is 58.0 Å². The lowest BCUT2D eigenvalue weighted by Gasteiger charge is -2.25. The second-order valence-corrected chi connectivity index (χ2v) is 6.87. The molecule has 1 aromatic carbocycles. The van der Waals surface area contributed by atoms with Crippen LogP contribution in [0.3, 0.4) is 0 Å². The maximum absolute atomic E-state index is 11.9. The summed E-state index contributed by atoms with van der Waals surface area (Å²) in [7, 11) is 1.78. The second-order valence-electron chi connectivity index (χ2n) is 6.87. The summed E-state index contributed by atoms with van der Waals surface area (Å²) in [5.41, 5.74) is 2.39. The SMILES string of the molecule is Cn1ccc(CN2CCC[C@H]2c2ccc3c(c2)OCCCO3)cc1=O. The number of fused-ring (bicyclic) bond motifs is 1. The first kappa shape index (κ1) is 16.2. The van der Waals surface area contributed by atoms with Crippen molar-refractivity contribution in [1.29, 1.82) is 0 Å². The molecule has 0 spiro atoms. The topological polar surface area (TPSA) is 43.7 Å². The third-order valence-corrected chi connectivity index (χ3v) is 5.07. The maximum Gasteiger partial charge on any atom is 0.250 e. The lowest BCUT2D eigenvalue weighted by molar-refractivity contribution is 0.247. The minimum atomic E-state index is 0.0452. The van der Waals surface area contributed by atoms with Gasteiger partial charge in [0.2, 0.25) is 0 Å². The van der Waals surface area contributed by atoms with E-state index in [0.717, 1.165) is 43.0 Å². The predicted octanol–water partition coefficient (Wildman–Crippen LogP) is 2.88. The average Bonchev–Trinajstić information content (AvgIpc) is 2.94. The van der Waals surface area contributed by atoms with Crippen LogP contribution in [0.5, 0.6) is 11.5 Å². The van der Waals surface area contributed by atoms with Crippen molar-refractivity contribution in [2.45, 2.75) is 31.8 Å². The highest BCUT2D eigenvalue weighted by atomic mass is 16.5. The van der Waals surface area contributed by atoms with Gasteiger partial charge in [0.05, 0.1) is 13.2 Å². The number of pyridine rings is 1. The molecule has 0 radical (unpaired) electrons. The number of likely N-dealkylation sites (tertiary alicyclic amines) is 1. The minimum absolute atomic E-state index is 0.0452. The van der Waals surface area contributed by atoms with Crippen molar-refractivity contribution in [3.8, 4) is 11.5 Å². The molecule has 0 unspecified atom stereocenters. The van der Waals surface area contributed by atoms with Gasteiger partial charge in [-0.05, 0) is 48.7 Å². The molecule has 0 N–H and O–H groups in total. The maximum atomic E-state index is 11.9. The van der Waals surface area contributed by atoms with Crippen LogP contribution in [0.15, 0.2) is 41.3 Å². The van der Waals surface area contributed by atoms with Crippen molar-refractivity contribution in [2.24, 2.45) is 7.05 Å². The van der Waals surface area contributed by atoms with Gasteiger partial charge in [0.15, 0.2) is 11.5 Å². The van der Waals surface area contributed by atoms with E-state index in [1.807, 2.05) is 18.3 Å². The highest BCUT2D eigenvalue weighted by molar-refractivity contribution is 5.44. The molecule has 0 amide bonds. The van der Waals surface area contributed by atoms with E-state index in [-0.39, 0.29) is 5.56 Å². The summed E-state index contributed by atoms with van der Waals surface area (Å²) in [6, 6.07) is 10.5. The molecule has 1 fully saturated rings. The number of hydrogen-bond donors (Lipinski definition) is 0. The van der Waals surface area contributed by atoms with Crippen LogP contribution in [-0.4, -0.2) is 29.2 Å². The van der Waals surface area contributed by atoms with Gasteiger partial charge in [-0.15, -0.1) is 0 Å². The molecule has 4 rings (SSSR count). The van der Waals surface area contributed by atoms with Gasteiger partial charge < -0.3 is 14.0 Å². The van der Waals surface area contributed by atoms with Gasteiger partial charge in [-0.2, -0.15) is 0 Å². The molecule has 2 aliphatic heterocycles. The summed E-state index contributed by atoms with van der Waals surface area (Å²) < 4.78 is 13.2. The van der Waals surface area contributed by atoms with E-state index in [1.165, 1.54) is 12.0 Å². The Morgan fingerprint density at radius 2 is 1.92 bits per heavy atom. The number of ether oxygens (including phenoxy) is 2. The molecule has 0 aliphatic carbocycles. The highest BCUT2D eigenvalue weighted by Gasteiger charge is 2.27. The van der Waals surface area contributed by atoms with Crippen LogP contribution in [0.2, 0.25) is 0 Å². The molecule has 2 aromatic rings. The lowest BCUT2D eigenvalue weighted by atomic mass is 10.0. The number of hydrogen-bond acceptors (Lipinski definition) is 4. The van der Waals surface area contributed by atoms with Gasteiger partial charge in [0.25, 0.3) is 5.56 Å². The fourth-order valence-corrected chi connectivity index (χ4v) is 3.70. The van der Waals surface area contributed by atoms with Gasteiger partial charge in [-0.3, -0.25) is 9.69 Å². The van der Waals surface area contributed by atoms with E-state index in [4.69, 9.17) is 9.47 Å². The molecule has 25 heavy (non-hydrogen) atoms. The van der Waals surface area contributed by atoms with Crippen molar-refractivity contribution in [2.75, 3.05) is 19.8 Å². The first-order chi connectivity index (χ1) is 12.2. The Morgan fingerprint density at radius 1 is 1.08 bits per heavy atom. The molecule has 132 valence electrons. The van der Waals surface area contributed by atoms with Crippen LogP contribution in [0.4, 0.5) is 0 Å². The molecule has 5 nitrogen and oxygen atoms in total. The van der Waals surface area contributed by atoms with E-state index in [2.05, 4.69) is 17.0 Å². The molecular formula is C20H24N2O3. The Balaban J connectivity index is 1.56. The standard InChI is InChI=1S/C20H24N2O3/c1-21-9-7-15(12-20(21)23)14-22-8-2-4-17(22)16-5-6-18-19(13-16)25-11-3-10-24-18/h5-7,9,12-13,17H,2-4,8,10-11,14H2,1H3/t17-/m0/s1. The summed E-state index contributed by atoms with van der Waals surface area (Å²) in [5, 5.41) is 0. The van der Waals surface area contributed by atoms with E-state index >= 15 is 0 Å². The van der Waals surface area contributed by atoms with Crippen LogP contribution in [0.25, 0.3) is 0 Å². The Kier molecular flexibility index (Phi) is 4.49. The zero-order valence-electron chi connectivity index (χ0n) is 14.6. The van der Waals surface area contributed by atoms with Crippen molar-refractivity contribution < 1.29 is 9.47 Å². The summed E-state index contributed by atoms with van der Waals surface area (Å²) in [6.07, 6.45) is 5.06. The summed E-state index contributed by atoms with van der Waals surface area (Å²) in [4.78, 5) is 14.3. The first-order valence-corrected chi connectivity index (χ1v) is 9.00. The normalized spacial score (nSPS) is 20.4. The van der Waals surface area contributed by atoms with Crippen molar-refractivity contribution in [3.63, 3.8) is 0 Å². The number of nitrogens with zero attached hydrogens (tertiary/aromatic N) is 2. The summed E-state index contributed by atoms with van der Waals surface area (Å²) in [5.74, 6) is 1.70. The van der Waals surface area contributed by atoms with E-state index < -0.39 is 0 Å². The van der Waals surface area contributed by atoms with E-state index in [9.17, 15) is 4.79 Å². The summed E-state index contributed by atoms with van der Waals surface area (Å²) >= 11 is 0. The van der Waals surface area contributed by atoms with Crippen LogP contribution in [0.1, 0.15) is 36.4 Å². The molecule has 1 saturated heterocycles. The Bertz CT molecular complexity index is 815. The fraction of sp³-hybridized carbons (Fsp3) is 0.450. The summed E-state index contributed by atoms with van der Waals surface area (Å²) in [6.45, 7) is 3.27. The Hall–Kier alpha value is -2.27. The molecule has 5 heteroatoms. The molecular weight excluding hydrogens is 316 g/mol. The van der Waals surface area contributed by atoms with E-state index in [0.29, 0.717) is 19.3 Å². The van der Waals surface area contributed by atoms with Crippen molar-refractivity contribution >= 4 is 0 Å². The Morgan fingerprint density at radius 3 is 2.76 bits per heavy atom. The monoisotopic (exact) mass is 340 g/mol. The molecule has 1 aromatic heterocycles. The van der Waals surface area contributed by atoms with Gasteiger partial charge >= 0.3 is 0 Å². The van der Waals surface area contributed by atoms with Crippen LogP contribution >= 0.6 is 0 Å². The number of aromatic nitrogens is 1. The quantitative estimate of drug-likeness (QED) is 0.862. The first-order valence-electron chi connectivity index (χ1n) is 9.00. The average molecular weight is 340 g/mol. The van der Waals surface area contributed by atoms with Gasteiger partial charge in [0.1, 0.15) is 0 Å². The molecule has 2 aliphatic rings. The zero-order valence-corrected chi connectivity index (χ0v) is 14.6. The van der Waals surface area contributed by atoms with Crippen LogP contribution in [-0.2, 0) is 13.6 Å². The highest BCUT2D eigenvalue weighted by Crippen LogP contribution is 2.38. The molecule has 1 atom stereocenters. The van der Waals surface area contributed by atoms with E-state index in [1.54, 1.807) is 17.7 Å². The van der Waals surface area contributed by atoms with Crippen LogP contribution in [0, 0.1) is 0 Å². The predicted molar refractivity (Wildman–Crippen MR) is 96.1 cm³/mol. The number of rotatable bonds is 3. The second kappa shape index (κ2) is 6.92. The van der Waals surface area contributed by atoms with Gasteiger partial charge in [-0.1, -0.05) is 6.07 Å². The third-order valence-electron chi connectivity index (χ3n) is 5.07. The molecule has 3 heterocycles. The van der Waals surface area contributed by atoms with Gasteiger partial charge in [0, 0.05) is 38.3 Å². The third kappa shape index (κ3) is 3.42. The molecule has 0 bridgehead atoms.